The SMILES string of the molecule is CCCC1(C(=O)Nc2cc(C)ccc2O)CCCN1. The standard InChI is InChI=1S/C15H22N2O2/c1-3-7-15(8-4-9-16-15)14(19)17-12-10-11(2)5-6-13(12)18/h5-6,10,16,18H,3-4,7-9H2,1-2H3,(H,17,19). The Labute approximate surface area is 114 Å². The number of nitrogens with one attached hydrogen (secondary N) is 2. The van der Waals surface area contributed by atoms with Gasteiger partial charge in [0.15, 0.2) is 0 Å². The Morgan fingerprint density at radius 3 is 2.95 bits per heavy atom. The molecule has 4 heteroatoms. The predicted octanol–water partition coefficient (Wildman–Crippen LogP) is 2.56. The molecule has 1 aliphatic heterocycles. The van der Waals surface area contributed by atoms with E-state index in [-0.39, 0.29) is 11.7 Å². The summed E-state index contributed by atoms with van der Waals surface area (Å²) in [5.41, 5.74) is 1.04. The molecule has 1 aliphatic rings. The molecule has 2 rings (SSSR count). The summed E-state index contributed by atoms with van der Waals surface area (Å²) in [5.74, 6) is 0.0799. The van der Waals surface area contributed by atoms with Gasteiger partial charge in [-0.2, -0.15) is 0 Å². The molecule has 0 spiro atoms. The molecule has 1 amide bonds. The van der Waals surface area contributed by atoms with Crippen LogP contribution >= 0.6 is 0 Å². The third-order valence-electron chi connectivity index (χ3n) is 3.76. The second kappa shape index (κ2) is 5.61. The van der Waals surface area contributed by atoms with E-state index in [1.54, 1.807) is 12.1 Å². The Morgan fingerprint density at radius 2 is 2.32 bits per heavy atom. The first kappa shape index (κ1) is 13.9. The van der Waals surface area contributed by atoms with Gasteiger partial charge in [-0.15, -0.1) is 0 Å². The minimum atomic E-state index is -0.467. The molecule has 4 nitrogen and oxygen atoms in total. The maximum atomic E-state index is 12.5. The van der Waals surface area contributed by atoms with Crippen molar-refractivity contribution in [2.24, 2.45) is 0 Å². The summed E-state index contributed by atoms with van der Waals surface area (Å²) in [5, 5.41) is 16.0. The van der Waals surface area contributed by atoms with Crippen LogP contribution in [-0.4, -0.2) is 23.1 Å². The lowest BCUT2D eigenvalue weighted by molar-refractivity contribution is -0.122. The van der Waals surface area contributed by atoms with Crippen molar-refractivity contribution >= 4 is 11.6 Å². The van der Waals surface area contributed by atoms with E-state index in [9.17, 15) is 9.90 Å². The van der Waals surface area contributed by atoms with Crippen LogP contribution in [0, 0.1) is 6.92 Å². The highest BCUT2D eigenvalue weighted by Gasteiger charge is 2.40. The van der Waals surface area contributed by atoms with Gasteiger partial charge in [0.05, 0.1) is 11.2 Å². The molecule has 0 aliphatic carbocycles. The molecule has 0 bridgehead atoms. The molecule has 19 heavy (non-hydrogen) atoms. The lowest BCUT2D eigenvalue weighted by Crippen LogP contribution is -2.50. The van der Waals surface area contributed by atoms with Crippen molar-refractivity contribution in [3.05, 3.63) is 23.8 Å². The van der Waals surface area contributed by atoms with Crippen LogP contribution in [0.25, 0.3) is 0 Å². The number of carbonyl (C=O) groups is 1. The first-order chi connectivity index (χ1) is 9.07. The van der Waals surface area contributed by atoms with Gasteiger partial charge in [0.1, 0.15) is 5.75 Å². The number of phenols is 1. The zero-order chi connectivity index (χ0) is 13.9. The monoisotopic (exact) mass is 262 g/mol. The van der Waals surface area contributed by atoms with Gasteiger partial charge in [-0.1, -0.05) is 19.4 Å². The Morgan fingerprint density at radius 1 is 1.53 bits per heavy atom. The van der Waals surface area contributed by atoms with Crippen molar-refractivity contribution in [1.82, 2.24) is 5.32 Å². The van der Waals surface area contributed by atoms with Gasteiger partial charge in [-0.3, -0.25) is 4.79 Å². The fourth-order valence-electron chi connectivity index (χ4n) is 2.75. The van der Waals surface area contributed by atoms with Crippen molar-refractivity contribution < 1.29 is 9.90 Å². The van der Waals surface area contributed by atoms with Gasteiger partial charge < -0.3 is 15.7 Å². The topological polar surface area (TPSA) is 61.4 Å². The lowest BCUT2D eigenvalue weighted by Gasteiger charge is -2.28. The molecule has 0 aromatic heterocycles. The zero-order valence-electron chi connectivity index (χ0n) is 11.6. The van der Waals surface area contributed by atoms with Gasteiger partial charge in [0.25, 0.3) is 0 Å². The van der Waals surface area contributed by atoms with Crippen LogP contribution in [0.4, 0.5) is 5.69 Å². The van der Waals surface area contributed by atoms with Gasteiger partial charge >= 0.3 is 0 Å². The number of aromatic hydroxyl groups is 1. The quantitative estimate of drug-likeness (QED) is 0.731. The number of carbonyl (C=O) groups excluding carboxylic acids is 1. The molecule has 1 aromatic carbocycles. The average molecular weight is 262 g/mol. The van der Waals surface area contributed by atoms with Crippen molar-refractivity contribution in [3.8, 4) is 5.75 Å². The molecular formula is C15H22N2O2. The van der Waals surface area contributed by atoms with Crippen LogP contribution in [0.15, 0.2) is 18.2 Å². The Hall–Kier alpha value is -1.55. The highest BCUT2D eigenvalue weighted by molar-refractivity contribution is 5.99. The van der Waals surface area contributed by atoms with Gasteiger partial charge in [0, 0.05) is 0 Å². The number of phenolic OH excluding ortho intramolecular Hbond substituents is 1. The molecule has 1 atom stereocenters. The summed E-state index contributed by atoms with van der Waals surface area (Å²) in [7, 11) is 0. The van der Waals surface area contributed by atoms with E-state index < -0.39 is 5.54 Å². The minimum absolute atomic E-state index is 0.0345. The molecule has 1 fully saturated rings. The van der Waals surface area contributed by atoms with E-state index in [4.69, 9.17) is 0 Å². The molecule has 0 saturated carbocycles. The van der Waals surface area contributed by atoms with Crippen LogP contribution in [0.3, 0.4) is 0 Å². The van der Waals surface area contributed by atoms with Gasteiger partial charge in [-0.25, -0.2) is 0 Å². The first-order valence-corrected chi connectivity index (χ1v) is 6.93. The van der Waals surface area contributed by atoms with Crippen molar-refractivity contribution in [1.29, 1.82) is 0 Å². The number of amides is 1. The number of anilines is 1. The van der Waals surface area contributed by atoms with Crippen LogP contribution in [0.2, 0.25) is 0 Å². The fourth-order valence-corrected chi connectivity index (χ4v) is 2.75. The average Bonchev–Trinajstić information content (AvgIpc) is 2.84. The van der Waals surface area contributed by atoms with E-state index in [1.807, 2.05) is 13.0 Å². The molecule has 1 heterocycles. The van der Waals surface area contributed by atoms with Crippen molar-refractivity contribution in [3.63, 3.8) is 0 Å². The molecule has 1 aromatic rings. The summed E-state index contributed by atoms with van der Waals surface area (Å²) >= 11 is 0. The predicted molar refractivity (Wildman–Crippen MR) is 76.3 cm³/mol. The number of hydrogen-bond acceptors (Lipinski definition) is 3. The maximum Gasteiger partial charge on any atom is 0.244 e. The van der Waals surface area contributed by atoms with E-state index in [0.29, 0.717) is 5.69 Å². The van der Waals surface area contributed by atoms with Crippen LogP contribution in [0.1, 0.15) is 38.2 Å². The number of benzene rings is 1. The molecule has 104 valence electrons. The first-order valence-electron chi connectivity index (χ1n) is 6.93. The second-order valence-electron chi connectivity index (χ2n) is 5.34. The van der Waals surface area contributed by atoms with E-state index in [1.165, 1.54) is 0 Å². The highest BCUT2D eigenvalue weighted by Crippen LogP contribution is 2.29. The largest absolute Gasteiger partial charge is 0.506 e. The smallest absolute Gasteiger partial charge is 0.244 e. The third-order valence-corrected chi connectivity index (χ3v) is 3.76. The van der Waals surface area contributed by atoms with Crippen LogP contribution in [-0.2, 0) is 4.79 Å². The fraction of sp³-hybridized carbons (Fsp3) is 0.533. The third kappa shape index (κ3) is 2.89. The van der Waals surface area contributed by atoms with Crippen LogP contribution in [0.5, 0.6) is 5.75 Å². The Bertz CT molecular complexity index is 465. The summed E-state index contributed by atoms with van der Waals surface area (Å²) < 4.78 is 0. The minimum Gasteiger partial charge on any atom is -0.506 e. The van der Waals surface area contributed by atoms with E-state index in [0.717, 1.165) is 37.8 Å². The normalized spacial score (nSPS) is 22.4. The highest BCUT2D eigenvalue weighted by atomic mass is 16.3. The summed E-state index contributed by atoms with van der Waals surface area (Å²) in [4.78, 5) is 12.5. The molecule has 3 N–H and O–H groups in total. The summed E-state index contributed by atoms with van der Waals surface area (Å²) in [6.45, 7) is 4.90. The Balaban J connectivity index is 2.17. The Kier molecular flexibility index (Phi) is 4.10. The van der Waals surface area contributed by atoms with Gasteiger partial charge in [-0.05, 0) is 50.4 Å². The van der Waals surface area contributed by atoms with E-state index >= 15 is 0 Å². The molecular weight excluding hydrogens is 240 g/mol. The van der Waals surface area contributed by atoms with Crippen LogP contribution < -0.4 is 10.6 Å². The molecule has 1 saturated heterocycles. The molecule has 0 radical (unpaired) electrons. The number of aryl methyl sites for hydroxylation is 1. The van der Waals surface area contributed by atoms with E-state index in [2.05, 4.69) is 17.6 Å². The number of rotatable bonds is 4. The summed E-state index contributed by atoms with van der Waals surface area (Å²) in [6.07, 6.45) is 3.66. The zero-order valence-corrected chi connectivity index (χ0v) is 11.6. The lowest BCUT2D eigenvalue weighted by atomic mass is 9.90. The van der Waals surface area contributed by atoms with Crippen molar-refractivity contribution in [2.75, 3.05) is 11.9 Å². The maximum absolute atomic E-state index is 12.5. The molecule has 1 unspecified atom stereocenters. The van der Waals surface area contributed by atoms with Crippen molar-refractivity contribution in [2.45, 2.75) is 45.1 Å². The number of hydrogen-bond donors (Lipinski definition) is 3. The van der Waals surface area contributed by atoms with Gasteiger partial charge in [0.2, 0.25) is 5.91 Å². The summed E-state index contributed by atoms with van der Waals surface area (Å²) in [6, 6.07) is 5.22. The second-order valence-corrected chi connectivity index (χ2v) is 5.34.